The van der Waals surface area contributed by atoms with Crippen LogP contribution in [0, 0.1) is 0 Å². The average molecular weight is 284 g/mol. The Kier molecular flexibility index (Phi) is 2.39. The zero-order valence-electron chi connectivity index (χ0n) is 12.1. The van der Waals surface area contributed by atoms with Gasteiger partial charge in [-0.05, 0) is 22.3 Å². The average Bonchev–Trinajstić information content (AvgIpc) is 3.27. The molecule has 1 nitrogen and oxygen atoms in total. The molecule has 1 aliphatic heterocycles. The first-order valence-electron chi connectivity index (χ1n) is 7.78. The highest BCUT2D eigenvalue weighted by atomic mass is 16.6. The highest BCUT2D eigenvalue weighted by Gasteiger charge is 2.68. The minimum Gasteiger partial charge on any atom is -0.355 e. The molecule has 1 heteroatoms. The van der Waals surface area contributed by atoms with E-state index in [0.29, 0.717) is 0 Å². The highest BCUT2D eigenvalue weighted by molar-refractivity contribution is 5.56. The van der Waals surface area contributed by atoms with Crippen molar-refractivity contribution in [3.63, 3.8) is 0 Å². The molecule has 3 unspecified atom stereocenters. The van der Waals surface area contributed by atoms with E-state index in [4.69, 9.17) is 4.74 Å². The molecule has 1 saturated heterocycles. The zero-order valence-corrected chi connectivity index (χ0v) is 12.1. The summed E-state index contributed by atoms with van der Waals surface area (Å²) >= 11 is 0. The number of fused-ring (bicyclic) bond motifs is 3. The lowest BCUT2D eigenvalue weighted by molar-refractivity contribution is 0.265. The summed E-state index contributed by atoms with van der Waals surface area (Å²) in [7, 11) is 0. The Morgan fingerprint density at radius 1 is 0.636 bits per heavy atom. The minimum atomic E-state index is -0.216. The molecule has 1 aliphatic carbocycles. The molecule has 1 heterocycles. The minimum absolute atomic E-state index is 0.191. The molecule has 3 atom stereocenters. The molecule has 0 saturated carbocycles. The van der Waals surface area contributed by atoms with Gasteiger partial charge in [0.15, 0.2) is 0 Å². The van der Waals surface area contributed by atoms with Gasteiger partial charge >= 0.3 is 0 Å². The monoisotopic (exact) mass is 284 g/mol. The number of epoxide rings is 1. The van der Waals surface area contributed by atoms with Gasteiger partial charge in [-0.2, -0.15) is 0 Å². The highest BCUT2D eigenvalue weighted by Crippen LogP contribution is 2.71. The summed E-state index contributed by atoms with van der Waals surface area (Å²) in [6.07, 6.45) is 0.191. The van der Waals surface area contributed by atoms with Crippen molar-refractivity contribution < 1.29 is 4.74 Å². The van der Waals surface area contributed by atoms with Gasteiger partial charge in [0.1, 0.15) is 11.7 Å². The van der Waals surface area contributed by atoms with E-state index in [0.717, 1.165) is 0 Å². The largest absolute Gasteiger partial charge is 0.355 e. The fourth-order valence-electron chi connectivity index (χ4n) is 4.08. The summed E-state index contributed by atoms with van der Waals surface area (Å²) in [5.74, 6) is 0.275. The Morgan fingerprint density at radius 3 is 1.95 bits per heavy atom. The van der Waals surface area contributed by atoms with Gasteiger partial charge in [-0.15, -0.1) is 0 Å². The third kappa shape index (κ3) is 1.47. The maximum absolute atomic E-state index is 6.32. The van der Waals surface area contributed by atoms with Gasteiger partial charge in [-0.3, -0.25) is 0 Å². The van der Waals surface area contributed by atoms with Crippen LogP contribution in [0.15, 0.2) is 84.9 Å². The lowest BCUT2D eigenvalue weighted by Gasteiger charge is -2.23. The van der Waals surface area contributed by atoms with Crippen LogP contribution in [0.1, 0.15) is 34.3 Å². The molecule has 3 aromatic rings. The molecule has 0 bridgehead atoms. The fourth-order valence-corrected chi connectivity index (χ4v) is 4.08. The van der Waals surface area contributed by atoms with Crippen LogP contribution in [0.3, 0.4) is 0 Å². The molecule has 5 rings (SSSR count). The van der Waals surface area contributed by atoms with Crippen LogP contribution in [0.4, 0.5) is 0 Å². The van der Waals surface area contributed by atoms with E-state index < -0.39 is 0 Å². The molecule has 0 spiro atoms. The van der Waals surface area contributed by atoms with Crippen LogP contribution in [0.2, 0.25) is 0 Å². The summed E-state index contributed by atoms with van der Waals surface area (Å²) < 4.78 is 6.32. The fraction of sp³-hybridized carbons (Fsp3) is 0.143. The van der Waals surface area contributed by atoms with Crippen molar-refractivity contribution in [2.24, 2.45) is 0 Å². The summed E-state index contributed by atoms with van der Waals surface area (Å²) in [6.45, 7) is 0. The topological polar surface area (TPSA) is 12.5 Å². The molecule has 22 heavy (non-hydrogen) atoms. The van der Waals surface area contributed by atoms with E-state index in [-0.39, 0.29) is 17.6 Å². The van der Waals surface area contributed by atoms with Crippen LogP contribution in [-0.2, 0) is 10.3 Å². The van der Waals surface area contributed by atoms with Gasteiger partial charge in [0.05, 0.1) is 0 Å². The van der Waals surface area contributed by atoms with Gasteiger partial charge in [-0.25, -0.2) is 0 Å². The predicted octanol–water partition coefficient (Wildman–Crippen LogP) is 4.80. The quantitative estimate of drug-likeness (QED) is 0.616. The van der Waals surface area contributed by atoms with Crippen molar-refractivity contribution in [1.29, 1.82) is 0 Å². The van der Waals surface area contributed by atoms with Crippen LogP contribution in [-0.4, -0.2) is 0 Å². The first kappa shape index (κ1) is 12.2. The van der Waals surface area contributed by atoms with E-state index in [1.807, 2.05) is 0 Å². The van der Waals surface area contributed by atoms with Gasteiger partial charge in [0.2, 0.25) is 0 Å². The van der Waals surface area contributed by atoms with Gasteiger partial charge in [0.25, 0.3) is 0 Å². The van der Waals surface area contributed by atoms with Crippen LogP contribution in [0.5, 0.6) is 0 Å². The summed E-state index contributed by atoms with van der Waals surface area (Å²) in [6, 6.07) is 30.1. The predicted molar refractivity (Wildman–Crippen MR) is 86.7 cm³/mol. The molecule has 2 aliphatic rings. The van der Waals surface area contributed by atoms with E-state index in [9.17, 15) is 0 Å². The van der Waals surface area contributed by atoms with E-state index in [2.05, 4.69) is 84.9 Å². The molecule has 0 N–H and O–H groups in total. The second-order valence-electron chi connectivity index (χ2n) is 6.13. The van der Waals surface area contributed by atoms with Crippen molar-refractivity contribution in [1.82, 2.24) is 0 Å². The Hall–Kier alpha value is -2.38. The summed E-state index contributed by atoms with van der Waals surface area (Å²) in [5.41, 5.74) is 5.16. The first-order chi connectivity index (χ1) is 10.9. The molecule has 0 aromatic heterocycles. The molecular weight excluding hydrogens is 268 g/mol. The number of rotatable bonds is 2. The third-order valence-corrected chi connectivity index (χ3v) is 5.02. The molecule has 0 amide bonds. The van der Waals surface area contributed by atoms with Crippen molar-refractivity contribution in [2.45, 2.75) is 17.6 Å². The summed E-state index contributed by atoms with van der Waals surface area (Å²) in [4.78, 5) is 0. The van der Waals surface area contributed by atoms with Crippen molar-refractivity contribution in [3.8, 4) is 0 Å². The van der Waals surface area contributed by atoms with E-state index in [1.54, 1.807) is 0 Å². The second kappa shape index (κ2) is 4.31. The lowest BCUT2D eigenvalue weighted by Crippen LogP contribution is -2.18. The Balaban J connectivity index is 1.75. The smallest absolute Gasteiger partial charge is 0.135 e. The molecular formula is C21H16O. The molecule has 106 valence electrons. The number of hydrogen-bond donors (Lipinski definition) is 0. The number of hydrogen-bond acceptors (Lipinski definition) is 1. The third-order valence-electron chi connectivity index (χ3n) is 5.02. The number of benzene rings is 3. The Labute approximate surface area is 130 Å². The Bertz CT molecular complexity index is 825. The normalized spacial score (nSPS) is 28.0. The number of ether oxygens (including phenoxy) is 1. The van der Waals surface area contributed by atoms with E-state index in [1.165, 1.54) is 22.3 Å². The van der Waals surface area contributed by atoms with Crippen LogP contribution in [0.25, 0.3) is 0 Å². The lowest BCUT2D eigenvalue weighted by atomic mass is 9.80. The standard InChI is InChI=1S/C21H16O/c1-3-9-15(10-4-1)19-17-13-7-8-14-18(17)20-21(19,22-20)16-11-5-2-6-12-16/h1-14,19-20H. The first-order valence-corrected chi connectivity index (χ1v) is 7.78. The molecule has 0 radical (unpaired) electrons. The van der Waals surface area contributed by atoms with Crippen LogP contribution >= 0.6 is 0 Å². The van der Waals surface area contributed by atoms with Crippen molar-refractivity contribution in [3.05, 3.63) is 107 Å². The van der Waals surface area contributed by atoms with Gasteiger partial charge in [-0.1, -0.05) is 84.9 Å². The zero-order chi connectivity index (χ0) is 14.6. The van der Waals surface area contributed by atoms with Crippen molar-refractivity contribution in [2.75, 3.05) is 0 Å². The second-order valence-corrected chi connectivity index (χ2v) is 6.13. The van der Waals surface area contributed by atoms with Gasteiger partial charge < -0.3 is 4.74 Å². The Morgan fingerprint density at radius 2 is 1.23 bits per heavy atom. The van der Waals surface area contributed by atoms with Crippen LogP contribution < -0.4 is 0 Å². The van der Waals surface area contributed by atoms with Gasteiger partial charge in [0, 0.05) is 5.92 Å². The molecule has 1 fully saturated rings. The SMILES string of the molecule is c1ccc(C2c3ccccc3C3OC32c2ccccc2)cc1. The van der Waals surface area contributed by atoms with E-state index >= 15 is 0 Å². The summed E-state index contributed by atoms with van der Waals surface area (Å²) in [5, 5.41) is 0. The van der Waals surface area contributed by atoms with Crippen molar-refractivity contribution >= 4 is 0 Å². The maximum Gasteiger partial charge on any atom is 0.135 e. The maximum atomic E-state index is 6.32. The molecule has 3 aromatic carbocycles.